The minimum absolute atomic E-state index is 0.0204. The Hall–Kier alpha value is -2.63. The van der Waals surface area contributed by atoms with Crippen LogP contribution in [0.3, 0.4) is 0 Å². The molecule has 0 saturated carbocycles. The highest BCUT2D eigenvalue weighted by Gasteiger charge is 2.15. The quantitative estimate of drug-likeness (QED) is 0.716. The van der Waals surface area contributed by atoms with Gasteiger partial charge in [-0.05, 0) is 50.5 Å². The number of rotatable bonds is 8. The van der Waals surface area contributed by atoms with Crippen molar-refractivity contribution in [2.24, 2.45) is 5.92 Å². The van der Waals surface area contributed by atoms with Gasteiger partial charge in [-0.25, -0.2) is 0 Å². The smallest absolute Gasteiger partial charge is 0.255 e. The summed E-state index contributed by atoms with van der Waals surface area (Å²) in [6, 6.07) is 6.92. The maximum Gasteiger partial charge on any atom is 0.255 e. The van der Waals surface area contributed by atoms with Crippen molar-refractivity contribution in [2.45, 2.75) is 60.4 Å². The number of carbonyl (C=O) groups is 2. The summed E-state index contributed by atoms with van der Waals surface area (Å²) < 4.78 is 1.95. The molecule has 2 amide bonds. The van der Waals surface area contributed by atoms with Crippen LogP contribution in [-0.4, -0.2) is 21.6 Å². The Bertz CT molecular complexity index is 791. The number of anilines is 2. The Morgan fingerprint density at radius 1 is 1.11 bits per heavy atom. The summed E-state index contributed by atoms with van der Waals surface area (Å²) in [5, 5.41) is 10.3. The van der Waals surface area contributed by atoms with E-state index in [1.165, 1.54) is 0 Å². The van der Waals surface area contributed by atoms with Crippen LogP contribution in [0.15, 0.2) is 24.3 Å². The number of unbranched alkanes of at least 4 members (excludes halogenated alkanes) is 1. The Labute approximate surface area is 161 Å². The van der Waals surface area contributed by atoms with Crippen molar-refractivity contribution in [1.82, 2.24) is 9.78 Å². The molecule has 1 aromatic carbocycles. The highest BCUT2D eigenvalue weighted by atomic mass is 16.2. The fraction of sp³-hybridized carbons (Fsp3) is 0.476. The second kappa shape index (κ2) is 9.35. The van der Waals surface area contributed by atoms with E-state index in [4.69, 9.17) is 0 Å². The van der Waals surface area contributed by atoms with Gasteiger partial charge in [0.2, 0.25) is 5.91 Å². The van der Waals surface area contributed by atoms with Gasteiger partial charge < -0.3 is 10.6 Å². The summed E-state index contributed by atoms with van der Waals surface area (Å²) in [5.74, 6) is 0.101. The molecule has 0 unspecified atom stereocenters. The second-order valence-electron chi connectivity index (χ2n) is 7.30. The minimum Gasteiger partial charge on any atom is -0.326 e. The molecule has 0 aliphatic carbocycles. The zero-order valence-corrected chi connectivity index (χ0v) is 16.9. The lowest BCUT2D eigenvalue weighted by Gasteiger charge is -2.09. The van der Waals surface area contributed by atoms with Crippen LogP contribution in [0.1, 0.15) is 61.8 Å². The maximum absolute atomic E-state index is 12.6. The number of benzene rings is 1. The molecular formula is C21H30N4O2. The first-order valence-corrected chi connectivity index (χ1v) is 9.57. The largest absolute Gasteiger partial charge is 0.326 e. The zero-order valence-electron chi connectivity index (χ0n) is 16.9. The third kappa shape index (κ3) is 5.67. The van der Waals surface area contributed by atoms with Crippen LogP contribution >= 0.6 is 0 Å². The van der Waals surface area contributed by atoms with Gasteiger partial charge in [0, 0.05) is 24.2 Å². The number of amides is 2. The van der Waals surface area contributed by atoms with Crippen molar-refractivity contribution >= 4 is 23.2 Å². The lowest BCUT2D eigenvalue weighted by Crippen LogP contribution is -2.15. The molecule has 2 rings (SSSR count). The molecule has 0 aliphatic heterocycles. The van der Waals surface area contributed by atoms with E-state index in [1.54, 1.807) is 24.3 Å². The highest BCUT2D eigenvalue weighted by molar-refractivity contribution is 6.05. The summed E-state index contributed by atoms with van der Waals surface area (Å²) in [5.41, 5.74) is 3.78. The minimum atomic E-state index is -0.184. The van der Waals surface area contributed by atoms with Crippen LogP contribution in [0.2, 0.25) is 0 Å². The van der Waals surface area contributed by atoms with Crippen LogP contribution in [0, 0.1) is 19.8 Å². The van der Waals surface area contributed by atoms with Crippen LogP contribution in [0.4, 0.5) is 11.4 Å². The normalized spacial score (nSPS) is 10.9. The lowest BCUT2D eigenvalue weighted by atomic mass is 10.1. The molecule has 0 fully saturated rings. The van der Waals surface area contributed by atoms with Gasteiger partial charge in [-0.1, -0.05) is 27.2 Å². The first kappa shape index (κ1) is 20.7. The second-order valence-corrected chi connectivity index (χ2v) is 7.30. The van der Waals surface area contributed by atoms with Gasteiger partial charge in [-0.15, -0.1) is 0 Å². The third-order valence-corrected chi connectivity index (χ3v) is 4.37. The van der Waals surface area contributed by atoms with Gasteiger partial charge >= 0.3 is 0 Å². The van der Waals surface area contributed by atoms with Gasteiger partial charge in [0.15, 0.2) is 0 Å². The molecule has 146 valence electrons. The van der Waals surface area contributed by atoms with E-state index in [0.29, 0.717) is 23.6 Å². The molecule has 2 N–H and O–H groups in total. The average molecular weight is 370 g/mol. The summed E-state index contributed by atoms with van der Waals surface area (Å²) in [4.78, 5) is 24.4. The highest BCUT2D eigenvalue weighted by Crippen LogP contribution is 2.21. The summed E-state index contributed by atoms with van der Waals surface area (Å²) in [6.07, 6.45) is 2.63. The maximum atomic E-state index is 12.6. The van der Waals surface area contributed by atoms with E-state index in [0.717, 1.165) is 36.5 Å². The predicted molar refractivity (Wildman–Crippen MR) is 109 cm³/mol. The van der Waals surface area contributed by atoms with E-state index in [1.807, 2.05) is 32.4 Å². The number of aromatic nitrogens is 2. The van der Waals surface area contributed by atoms with Gasteiger partial charge in [-0.3, -0.25) is 14.3 Å². The molecule has 1 aromatic heterocycles. The van der Waals surface area contributed by atoms with Crippen LogP contribution < -0.4 is 10.6 Å². The molecule has 6 nitrogen and oxygen atoms in total. The van der Waals surface area contributed by atoms with Crippen LogP contribution in [0.5, 0.6) is 0 Å². The predicted octanol–water partition coefficient (Wildman–Crippen LogP) is 4.54. The van der Waals surface area contributed by atoms with Crippen molar-refractivity contribution in [2.75, 3.05) is 10.6 Å². The Morgan fingerprint density at radius 2 is 1.78 bits per heavy atom. The number of hydrogen-bond donors (Lipinski definition) is 2. The summed E-state index contributed by atoms with van der Waals surface area (Å²) >= 11 is 0. The Morgan fingerprint density at radius 3 is 2.37 bits per heavy atom. The summed E-state index contributed by atoms with van der Waals surface area (Å²) in [7, 11) is 0. The van der Waals surface area contributed by atoms with E-state index >= 15 is 0 Å². The van der Waals surface area contributed by atoms with E-state index in [9.17, 15) is 9.59 Å². The zero-order chi connectivity index (χ0) is 20.0. The average Bonchev–Trinajstić information content (AvgIpc) is 2.87. The van der Waals surface area contributed by atoms with Crippen molar-refractivity contribution < 1.29 is 9.59 Å². The topological polar surface area (TPSA) is 76.0 Å². The molecule has 0 aliphatic rings. The number of carbonyl (C=O) groups excluding carboxylic acids is 2. The van der Waals surface area contributed by atoms with Crippen molar-refractivity contribution in [3.8, 4) is 0 Å². The molecular weight excluding hydrogens is 340 g/mol. The van der Waals surface area contributed by atoms with Crippen molar-refractivity contribution in [3.05, 3.63) is 41.2 Å². The van der Waals surface area contributed by atoms with E-state index in [2.05, 4.69) is 22.7 Å². The Kier molecular flexibility index (Phi) is 7.16. The van der Waals surface area contributed by atoms with Crippen molar-refractivity contribution in [3.63, 3.8) is 0 Å². The first-order valence-electron chi connectivity index (χ1n) is 9.57. The van der Waals surface area contributed by atoms with Crippen molar-refractivity contribution in [1.29, 1.82) is 0 Å². The van der Waals surface area contributed by atoms with E-state index in [-0.39, 0.29) is 11.8 Å². The molecule has 0 atom stereocenters. The standard InChI is InChI=1S/C21H30N4O2/c1-6-7-12-25-16(5)20(15(4)24-25)23-21(27)17-8-10-18(11-9-17)22-19(26)13-14(2)3/h8-11,14H,6-7,12-13H2,1-5H3,(H,22,26)(H,23,27). The molecule has 0 spiro atoms. The van der Waals surface area contributed by atoms with E-state index < -0.39 is 0 Å². The van der Waals surface area contributed by atoms with Gasteiger partial charge in [0.25, 0.3) is 5.91 Å². The molecule has 0 radical (unpaired) electrons. The Balaban J connectivity index is 2.04. The van der Waals surface area contributed by atoms with Crippen LogP contribution in [-0.2, 0) is 11.3 Å². The van der Waals surface area contributed by atoms with Crippen LogP contribution in [0.25, 0.3) is 0 Å². The molecule has 27 heavy (non-hydrogen) atoms. The molecule has 6 heteroatoms. The lowest BCUT2D eigenvalue weighted by molar-refractivity contribution is -0.116. The number of hydrogen-bond acceptors (Lipinski definition) is 3. The fourth-order valence-corrected chi connectivity index (χ4v) is 2.88. The number of nitrogens with one attached hydrogen (secondary N) is 2. The number of nitrogens with zero attached hydrogens (tertiary/aromatic N) is 2. The summed E-state index contributed by atoms with van der Waals surface area (Å²) in [6.45, 7) is 10.9. The van der Waals surface area contributed by atoms with Gasteiger partial charge in [-0.2, -0.15) is 5.10 Å². The van der Waals surface area contributed by atoms with Gasteiger partial charge in [0.05, 0.1) is 17.1 Å². The third-order valence-electron chi connectivity index (χ3n) is 4.37. The van der Waals surface area contributed by atoms with Gasteiger partial charge in [0.1, 0.15) is 0 Å². The first-order chi connectivity index (χ1) is 12.8. The molecule has 2 aromatic rings. The molecule has 1 heterocycles. The SMILES string of the molecule is CCCCn1nc(C)c(NC(=O)c2ccc(NC(=O)CC(C)C)cc2)c1C. The monoisotopic (exact) mass is 370 g/mol. The molecule has 0 bridgehead atoms. The fourth-order valence-electron chi connectivity index (χ4n) is 2.88. The number of aryl methyl sites for hydroxylation is 2. The molecule has 0 saturated heterocycles.